The summed E-state index contributed by atoms with van der Waals surface area (Å²) in [5.74, 6) is -0.204. The Morgan fingerprint density at radius 1 is 1.31 bits per heavy atom. The van der Waals surface area contributed by atoms with Crippen LogP contribution in [0.5, 0.6) is 0 Å². The molecule has 0 N–H and O–H groups in total. The lowest BCUT2D eigenvalue weighted by atomic mass is 9.85. The van der Waals surface area contributed by atoms with E-state index < -0.39 is 0 Å². The molecule has 1 aromatic rings. The standard InChI is InChI=1S/C12H14F/c1-5-9-7-6-8-10(11(9)13)12(2,3)4/h6-8H,1H2,2-4H3. The minimum Gasteiger partial charge on any atom is -0.206 e. The highest BCUT2D eigenvalue weighted by molar-refractivity contribution is 5.33. The first-order valence-electron chi connectivity index (χ1n) is 4.29. The highest BCUT2D eigenvalue weighted by Crippen LogP contribution is 2.26. The molecule has 1 radical (unpaired) electrons. The van der Waals surface area contributed by atoms with Crippen LogP contribution >= 0.6 is 0 Å². The Morgan fingerprint density at radius 2 is 1.92 bits per heavy atom. The molecule has 0 saturated heterocycles. The van der Waals surface area contributed by atoms with Gasteiger partial charge in [0.1, 0.15) is 5.82 Å². The maximum absolute atomic E-state index is 13.7. The molecule has 13 heavy (non-hydrogen) atoms. The Hall–Kier alpha value is -1.11. The van der Waals surface area contributed by atoms with E-state index >= 15 is 0 Å². The van der Waals surface area contributed by atoms with Crippen LogP contribution in [-0.2, 0) is 5.41 Å². The molecular weight excluding hydrogens is 163 g/mol. The fraction of sp³-hybridized carbons (Fsp3) is 0.333. The van der Waals surface area contributed by atoms with Gasteiger partial charge in [-0.3, -0.25) is 0 Å². The van der Waals surface area contributed by atoms with Crippen LogP contribution in [0, 0.1) is 11.9 Å². The average molecular weight is 177 g/mol. The van der Waals surface area contributed by atoms with E-state index in [0.717, 1.165) is 0 Å². The van der Waals surface area contributed by atoms with Crippen molar-refractivity contribution < 1.29 is 4.39 Å². The topological polar surface area (TPSA) is 0 Å². The third-order valence-electron chi connectivity index (χ3n) is 2.00. The summed E-state index contributed by atoms with van der Waals surface area (Å²) in [6.07, 6.45) is 2.58. The summed E-state index contributed by atoms with van der Waals surface area (Å²) in [6, 6.07) is 5.31. The van der Waals surface area contributed by atoms with Crippen LogP contribution in [0.4, 0.5) is 4.39 Å². The van der Waals surface area contributed by atoms with Gasteiger partial charge in [-0.25, -0.2) is 4.39 Å². The summed E-state index contributed by atoms with van der Waals surface area (Å²) in [6.45, 7) is 9.40. The Balaban J connectivity index is 3.32. The smallest absolute Gasteiger partial charge is 0.134 e. The van der Waals surface area contributed by atoms with Crippen molar-refractivity contribution in [1.82, 2.24) is 0 Å². The fourth-order valence-electron chi connectivity index (χ4n) is 1.25. The summed E-state index contributed by atoms with van der Waals surface area (Å²) in [4.78, 5) is 0. The molecular formula is C12H14F. The molecule has 0 unspecified atom stereocenters. The van der Waals surface area contributed by atoms with Crippen molar-refractivity contribution in [2.45, 2.75) is 26.2 Å². The summed E-state index contributed by atoms with van der Waals surface area (Å²) < 4.78 is 13.7. The maximum Gasteiger partial charge on any atom is 0.134 e. The quantitative estimate of drug-likeness (QED) is 0.616. The highest BCUT2D eigenvalue weighted by atomic mass is 19.1. The molecule has 0 saturated carbocycles. The second-order valence-electron chi connectivity index (χ2n) is 4.09. The Labute approximate surface area is 79.1 Å². The maximum atomic E-state index is 13.7. The van der Waals surface area contributed by atoms with Gasteiger partial charge in [0.25, 0.3) is 0 Å². The van der Waals surface area contributed by atoms with E-state index in [1.165, 1.54) is 0 Å². The first-order valence-corrected chi connectivity index (χ1v) is 4.29. The number of rotatable bonds is 1. The summed E-state index contributed by atoms with van der Waals surface area (Å²) in [5, 5.41) is 0. The predicted octanol–water partition coefficient (Wildman–Crippen LogP) is 3.46. The number of halogens is 1. The minimum atomic E-state index is -0.204. The highest BCUT2D eigenvalue weighted by Gasteiger charge is 2.19. The van der Waals surface area contributed by atoms with Gasteiger partial charge in [-0.15, -0.1) is 0 Å². The van der Waals surface area contributed by atoms with Crippen LogP contribution in [0.15, 0.2) is 24.8 Å². The normalized spacial score (nSPS) is 11.4. The minimum absolute atomic E-state index is 0.170. The zero-order valence-electron chi connectivity index (χ0n) is 8.32. The molecule has 0 bridgehead atoms. The molecule has 0 fully saturated rings. The molecule has 0 aliphatic rings. The molecule has 0 nitrogen and oxygen atoms in total. The van der Waals surface area contributed by atoms with Crippen molar-refractivity contribution in [3.8, 4) is 0 Å². The zero-order chi connectivity index (χ0) is 10.1. The van der Waals surface area contributed by atoms with Crippen molar-refractivity contribution in [2.24, 2.45) is 0 Å². The predicted molar refractivity (Wildman–Crippen MR) is 53.1 cm³/mol. The third-order valence-corrected chi connectivity index (χ3v) is 2.00. The second kappa shape index (κ2) is 3.33. The Bertz CT molecular complexity index is 318. The van der Waals surface area contributed by atoms with Crippen molar-refractivity contribution in [3.63, 3.8) is 0 Å². The fourth-order valence-corrected chi connectivity index (χ4v) is 1.25. The van der Waals surface area contributed by atoms with E-state index in [1.807, 2.05) is 26.8 Å². The van der Waals surface area contributed by atoms with E-state index in [9.17, 15) is 4.39 Å². The molecule has 1 rings (SSSR count). The number of hydrogen-bond donors (Lipinski definition) is 0. The van der Waals surface area contributed by atoms with Crippen molar-refractivity contribution in [3.05, 3.63) is 47.8 Å². The van der Waals surface area contributed by atoms with Gasteiger partial charge in [-0.05, 0) is 17.1 Å². The largest absolute Gasteiger partial charge is 0.206 e. The lowest BCUT2D eigenvalue weighted by Crippen LogP contribution is -2.14. The molecule has 0 aliphatic carbocycles. The SMILES string of the molecule is C=[C]c1cccc(C(C)(C)C)c1F. The van der Waals surface area contributed by atoms with E-state index in [0.29, 0.717) is 11.1 Å². The van der Waals surface area contributed by atoms with Crippen LogP contribution in [-0.4, -0.2) is 0 Å². The van der Waals surface area contributed by atoms with Gasteiger partial charge in [0.15, 0.2) is 0 Å². The zero-order valence-corrected chi connectivity index (χ0v) is 8.32. The van der Waals surface area contributed by atoms with Crippen LogP contribution in [0.25, 0.3) is 0 Å². The average Bonchev–Trinajstić information content (AvgIpc) is 2.02. The molecule has 0 aliphatic heterocycles. The van der Waals surface area contributed by atoms with Gasteiger partial charge in [-0.2, -0.15) is 0 Å². The van der Waals surface area contributed by atoms with Crippen molar-refractivity contribution in [1.29, 1.82) is 0 Å². The molecule has 0 heterocycles. The summed E-state index contributed by atoms with van der Waals surface area (Å²) in [5.41, 5.74) is 0.991. The van der Waals surface area contributed by atoms with Crippen LogP contribution < -0.4 is 0 Å². The first kappa shape index (κ1) is 9.97. The molecule has 0 spiro atoms. The lowest BCUT2D eigenvalue weighted by Gasteiger charge is -2.20. The molecule has 1 heteroatoms. The number of hydrogen-bond acceptors (Lipinski definition) is 0. The Kier molecular flexibility index (Phi) is 2.55. The first-order chi connectivity index (χ1) is 5.96. The molecule has 0 atom stereocenters. The third kappa shape index (κ3) is 1.97. The van der Waals surface area contributed by atoms with Crippen molar-refractivity contribution in [2.75, 3.05) is 0 Å². The second-order valence-corrected chi connectivity index (χ2v) is 4.09. The van der Waals surface area contributed by atoms with Gasteiger partial charge in [-0.1, -0.05) is 45.5 Å². The lowest BCUT2D eigenvalue weighted by molar-refractivity contribution is 0.520. The van der Waals surface area contributed by atoms with E-state index in [1.54, 1.807) is 12.1 Å². The van der Waals surface area contributed by atoms with Gasteiger partial charge in [0, 0.05) is 5.56 Å². The van der Waals surface area contributed by atoms with Crippen LogP contribution in [0.3, 0.4) is 0 Å². The van der Waals surface area contributed by atoms with Gasteiger partial charge < -0.3 is 0 Å². The van der Waals surface area contributed by atoms with Crippen LogP contribution in [0.2, 0.25) is 0 Å². The molecule has 1 aromatic carbocycles. The number of benzene rings is 1. The van der Waals surface area contributed by atoms with Crippen LogP contribution in [0.1, 0.15) is 31.9 Å². The molecule has 0 aromatic heterocycles. The monoisotopic (exact) mass is 177 g/mol. The van der Waals surface area contributed by atoms with Gasteiger partial charge >= 0.3 is 0 Å². The van der Waals surface area contributed by atoms with Gasteiger partial charge in [0.2, 0.25) is 0 Å². The summed E-state index contributed by atoms with van der Waals surface area (Å²) in [7, 11) is 0. The van der Waals surface area contributed by atoms with E-state index in [4.69, 9.17) is 0 Å². The van der Waals surface area contributed by atoms with E-state index in [-0.39, 0.29) is 11.2 Å². The Morgan fingerprint density at radius 3 is 2.38 bits per heavy atom. The molecule has 0 amide bonds. The van der Waals surface area contributed by atoms with E-state index in [2.05, 4.69) is 12.7 Å². The van der Waals surface area contributed by atoms with Crippen molar-refractivity contribution >= 4 is 0 Å². The summed E-state index contributed by atoms with van der Waals surface area (Å²) >= 11 is 0. The molecule has 69 valence electrons. The van der Waals surface area contributed by atoms with Gasteiger partial charge in [0.05, 0.1) is 0 Å².